The first-order chi connectivity index (χ1) is 40.6. The molecule has 5 N–H and O–H groups in total. The van der Waals surface area contributed by atoms with Gasteiger partial charge in [-0.3, -0.25) is 20.1 Å². The van der Waals surface area contributed by atoms with Crippen molar-refractivity contribution in [2.75, 3.05) is 65.6 Å². The van der Waals surface area contributed by atoms with Crippen LogP contribution in [0.1, 0.15) is 92.4 Å². The number of carbonyl (C=O) groups excluding carboxylic acids is 6. The average molecular weight is 1180 g/mol. The summed E-state index contributed by atoms with van der Waals surface area (Å²) in [6.07, 6.45) is 8.74. The first-order valence-corrected chi connectivity index (χ1v) is 27.2. The molecule has 2 saturated heterocycles. The molecule has 7 amide bonds. The van der Waals surface area contributed by atoms with Crippen LogP contribution < -0.4 is 26.4 Å². The van der Waals surface area contributed by atoms with Crippen molar-refractivity contribution in [3.8, 4) is 5.75 Å². The van der Waals surface area contributed by atoms with E-state index in [9.17, 15) is 56.4 Å². The normalized spacial score (nSPS) is 18.9. The van der Waals surface area contributed by atoms with Gasteiger partial charge in [0, 0.05) is 54.3 Å². The molecule has 6 aliphatic rings. The number of amides is 7. The molecule has 2 atom stereocenters. The van der Waals surface area contributed by atoms with Crippen LogP contribution in [-0.2, 0) is 19.1 Å². The van der Waals surface area contributed by atoms with Gasteiger partial charge >= 0.3 is 36.1 Å². The van der Waals surface area contributed by atoms with Gasteiger partial charge in [0.25, 0.3) is 5.69 Å². The van der Waals surface area contributed by atoms with Crippen molar-refractivity contribution in [2.45, 2.75) is 69.9 Å². The predicted octanol–water partition coefficient (Wildman–Crippen LogP) is 8.41. The van der Waals surface area contributed by atoms with Crippen molar-refractivity contribution in [3.63, 3.8) is 0 Å². The van der Waals surface area contributed by atoms with Crippen LogP contribution in [0.5, 0.6) is 5.75 Å². The maximum atomic E-state index is 14.0. The molecule has 6 aliphatic heterocycles. The summed E-state index contributed by atoms with van der Waals surface area (Å²) in [4.78, 5) is 101. The maximum Gasteiger partial charge on any atom is 0.424 e. The Morgan fingerprint density at radius 3 is 1.58 bits per heavy atom. The highest BCUT2D eigenvalue weighted by atomic mass is 19.2. The minimum absolute atomic E-state index is 0. The molecule has 3 aromatic carbocycles. The van der Waals surface area contributed by atoms with Gasteiger partial charge in [-0.25, -0.2) is 56.1 Å². The topological polar surface area (TPSA) is 274 Å². The lowest BCUT2D eigenvalue weighted by Crippen LogP contribution is -2.54. The number of ether oxygens (including phenoxy) is 3. The zero-order chi connectivity index (χ0) is 59.4. The van der Waals surface area contributed by atoms with Gasteiger partial charge < -0.3 is 45.7 Å². The number of nitrogens with two attached hydrogens (primary N) is 1. The van der Waals surface area contributed by atoms with E-state index in [2.05, 4.69) is 53.9 Å². The summed E-state index contributed by atoms with van der Waals surface area (Å²) in [7, 11) is 0. The number of esters is 2. The molecule has 85 heavy (non-hydrogen) atoms. The number of hydrogen-bond donors (Lipinski definition) is 4. The second-order valence-electron chi connectivity index (χ2n) is 20.3. The fourth-order valence-electron chi connectivity index (χ4n) is 10.7. The number of carbonyl (C=O) groups is 6. The number of hydrogen-bond acceptors (Lipinski definition) is 16. The largest absolute Gasteiger partial charge is 0.456 e. The Hall–Kier alpha value is -9.14. The minimum Gasteiger partial charge on any atom is -0.456 e. The van der Waals surface area contributed by atoms with Gasteiger partial charge in [-0.15, -0.1) is 0 Å². The molecule has 2 aromatic heterocycles. The van der Waals surface area contributed by atoms with Gasteiger partial charge in [-0.2, -0.15) is 0 Å². The van der Waals surface area contributed by atoms with Crippen LogP contribution in [0.2, 0.25) is 0 Å². The highest BCUT2D eigenvalue weighted by molar-refractivity contribution is 6.04. The number of piperidine rings is 2. The maximum absolute atomic E-state index is 14.0. The third kappa shape index (κ3) is 14.8. The lowest BCUT2D eigenvalue weighted by atomic mass is 9.93. The van der Waals surface area contributed by atoms with E-state index in [0.29, 0.717) is 29.7 Å². The number of pyridine rings is 2. The smallest absolute Gasteiger partial charge is 0.424 e. The molecule has 0 aliphatic carbocycles. The fraction of sp³-hybridized carbons (Fsp3) is 0.356. The molecule has 448 valence electrons. The molecule has 0 saturated carbocycles. The zero-order valence-electron chi connectivity index (χ0n) is 45.2. The average Bonchev–Trinajstić information content (AvgIpc) is 2.47. The zero-order valence-corrected chi connectivity index (χ0v) is 45.2. The lowest BCUT2D eigenvalue weighted by molar-refractivity contribution is -0.384. The summed E-state index contributed by atoms with van der Waals surface area (Å²) in [6.45, 7) is 6.87. The van der Waals surface area contributed by atoms with E-state index in [-0.39, 0.29) is 65.7 Å². The third-order valence-electron chi connectivity index (χ3n) is 15.0. The molecule has 2 fully saturated rings. The Morgan fingerprint density at radius 1 is 0.659 bits per heavy atom. The second kappa shape index (κ2) is 28.4. The van der Waals surface area contributed by atoms with Crippen LogP contribution in [0.3, 0.4) is 0 Å². The van der Waals surface area contributed by atoms with Crippen LogP contribution in [-0.4, -0.2) is 136 Å². The van der Waals surface area contributed by atoms with Crippen LogP contribution in [0.15, 0.2) is 132 Å². The monoisotopic (exact) mass is 1180 g/mol. The van der Waals surface area contributed by atoms with E-state index in [0.717, 1.165) is 117 Å². The SMILES string of the molecule is C.NCCCN1CCC(c2ccccn2)CC1.O=C1OCC2=C1C(c1ccc(F)c(F)c1)N(C(=O)NCCCN1CCC(c3ccccn3)CC1)C(=O)N2.O=C1OCC2=C1C(c1ccc(F)c(F)c1)N(C(=O)Oc1ccc([N+](=O)[O-])cc1)C(=O)N2. The minimum atomic E-state index is -1.45. The van der Waals surface area contributed by atoms with E-state index >= 15 is 0 Å². The lowest BCUT2D eigenvalue weighted by Gasteiger charge is -2.34. The number of cyclic esters (lactones) is 2. The molecule has 11 rings (SSSR count). The van der Waals surface area contributed by atoms with Gasteiger partial charge in [-0.1, -0.05) is 31.7 Å². The molecular formula is C59H63F4N11O11. The number of nitro groups is 1. The van der Waals surface area contributed by atoms with Crippen LogP contribution in [0.25, 0.3) is 0 Å². The van der Waals surface area contributed by atoms with Gasteiger partial charge in [0.2, 0.25) is 0 Å². The predicted molar refractivity (Wildman–Crippen MR) is 298 cm³/mol. The Morgan fingerprint density at radius 2 is 1.13 bits per heavy atom. The standard InChI is InChI=1S/C26H27F2N5O4.C19H11F2N3O7.C13H21N3.CH4/c27-18-6-5-17(14-19(18)28)23-22-21(15-37-24(22)34)31-26(36)33(23)25(35)30-10-3-11-32-12-7-16(8-13-32)20-4-1-2-9-29-20;20-12-6-1-9(7-13(12)21)16-15-14(8-30-17(15)25)22-18(26)23(16)19(27)31-11-4-2-10(3-5-11)24(28)29;14-7-3-9-16-10-5-12(6-11-16)13-4-1-2-8-15-13;/h1-2,4-6,9,14,16,23H,3,7-8,10-13,15H2,(H,30,35)(H,31,36);1-7,16H,8H2,(H,22,26);1-2,4,8,12H,3,5-7,9-11,14H2;1H4. The van der Waals surface area contributed by atoms with Gasteiger partial charge in [-0.05, 0) is 156 Å². The molecule has 0 radical (unpaired) electrons. The number of aromatic nitrogens is 2. The Balaban J connectivity index is 0.000000177. The molecule has 8 heterocycles. The number of benzene rings is 3. The number of imide groups is 2. The van der Waals surface area contributed by atoms with E-state index in [4.69, 9.17) is 19.9 Å². The van der Waals surface area contributed by atoms with Crippen molar-refractivity contribution in [1.29, 1.82) is 0 Å². The molecule has 2 unspecified atom stereocenters. The Bertz CT molecular complexity index is 3330. The Labute approximate surface area is 486 Å². The number of halogens is 4. The summed E-state index contributed by atoms with van der Waals surface area (Å²) in [5.74, 6) is -5.22. The van der Waals surface area contributed by atoms with E-state index in [1.807, 2.05) is 30.6 Å². The highest BCUT2D eigenvalue weighted by Gasteiger charge is 2.48. The van der Waals surface area contributed by atoms with Crippen LogP contribution >= 0.6 is 0 Å². The van der Waals surface area contributed by atoms with Crippen LogP contribution in [0.4, 0.5) is 42.4 Å². The van der Waals surface area contributed by atoms with Gasteiger partial charge in [0.1, 0.15) is 31.0 Å². The van der Waals surface area contributed by atoms with Gasteiger partial charge in [0.05, 0.1) is 27.5 Å². The third-order valence-corrected chi connectivity index (χ3v) is 15.0. The van der Waals surface area contributed by atoms with Gasteiger partial charge in [0.15, 0.2) is 23.3 Å². The molecular weight excluding hydrogens is 1110 g/mol. The summed E-state index contributed by atoms with van der Waals surface area (Å²) >= 11 is 0. The van der Waals surface area contributed by atoms with Crippen LogP contribution in [0, 0.1) is 33.4 Å². The summed E-state index contributed by atoms with van der Waals surface area (Å²) in [5, 5.41) is 18.3. The number of urea groups is 3. The van der Waals surface area contributed by atoms with Crippen molar-refractivity contribution < 1.29 is 65.5 Å². The summed E-state index contributed by atoms with van der Waals surface area (Å²) < 4.78 is 69.9. The second-order valence-corrected chi connectivity index (χ2v) is 20.3. The molecule has 5 aromatic rings. The summed E-state index contributed by atoms with van der Waals surface area (Å²) in [5.41, 5.74) is 7.87. The van der Waals surface area contributed by atoms with Crippen molar-refractivity contribution in [3.05, 3.63) is 188 Å². The summed E-state index contributed by atoms with van der Waals surface area (Å²) in [6, 6.07) is 17.1. The quantitative estimate of drug-likeness (QED) is 0.0283. The molecule has 26 heteroatoms. The first kappa shape index (κ1) is 61.9. The van der Waals surface area contributed by atoms with Crippen molar-refractivity contribution in [2.24, 2.45) is 5.73 Å². The highest BCUT2D eigenvalue weighted by Crippen LogP contribution is 2.40. The van der Waals surface area contributed by atoms with E-state index in [1.54, 1.807) is 0 Å². The Kier molecular flexibility index (Phi) is 20.7. The van der Waals surface area contributed by atoms with Crippen molar-refractivity contribution >= 4 is 41.8 Å². The fourth-order valence-corrected chi connectivity index (χ4v) is 10.7. The number of nitro benzene ring substituents is 1. The van der Waals surface area contributed by atoms with E-state index < -0.39 is 76.4 Å². The number of rotatable bonds is 13. The molecule has 22 nitrogen and oxygen atoms in total. The number of likely N-dealkylation sites (tertiary alicyclic amines) is 2. The number of nitrogens with one attached hydrogen (secondary N) is 3. The number of nitrogens with zero attached hydrogens (tertiary/aromatic N) is 7. The van der Waals surface area contributed by atoms with Crippen molar-refractivity contribution in [1.82, 2.24) is 45.5 Å². The van der Waals surface area contributed by atoms with E-state index in [1.165, 1.54) is 37.7 Å². The molecule has 0 spiro atoms. The first-order valence-electron chi connectivity index (χ1n) is 27.2. The number of non-ortho nitro benzene ring substituents is 1. The molecule has 0 bridgehead atoms.